The van der Waals surface area contributed by atoms with Crippen LogP contribution in [0.25, 0.3) is 0 Å². The maximum absolute atomic E-state index is 14.1. The van der Waals surface area contributed by atoms with Gasteiger partial charge in [0.2, 0.25) is 0 Å². The predicted molar refractivity (Wildman–Crippen MR) is 142 cm³/mol. The molecule has 200 valence electrons. The monoisotopic (exact) mass is 539 g/mol. The van der Waals surface area contributed by atoms with E-state index >= 15 is 0 Å². The Morgan fingerprint density at radius 2 is 1.61 bits per heavy atom. The second-order valence-electron chi connectivity index (χ2n) is 9.56. The minimum absolute atomic E-state index is 0.00158. The zero-order chi connectivity index (χ0) is 26.6. The maximum atomic E-state index is 14.1. The molecule has 1 atom stereocenters. The Kier molecular flexibility index (Phi) is 8.02. The van der Waals surface area contributed by atoms with Crippen molar-refractivity contribution in [2.24, 2.45) is 0 Å². The fourth-order valence-corrected chi connectivity index (χ4v) is 6.27. The predicted octanol–water partition coefficient (Wildman–Crippen LogP) is 2.40. The summed E-state index contributed by atoms with van der Waals surface area (Å²) in [6, 6.07) is 11.4. The van der Waals surface area contributed by atoms with Crippen LogP contribution >= 0.6 is 0 Å². The third-order valence-corrected chi connectivity index (χ3v) is 8.66. The van der Waals surface area contributed by atoms with Gasteiger partial charge in [0.1, 0.15) is 11.9 Å². The molecule has 0 radical (unpaired) electrons. The SMILES string of the molecule is N#Cc1ccc(N2CCN(C(=O)c3cc(C(=O)S(=O)N4CCCC4)ccc3N3CCOCC3)CC2)cc1F. The highest BCUT2D eigenvalue weighted by atomic mass is 32.2. The molecule has 1 unspecified atom stereocenters. The molecular formula is C27H30FN5O4S. The molecule has 3 fully saturated rings. The van der Waals surface area contributed by atoms with Crippen molar-refractivity contribution in [1.82, 2.24) is 9.21 Å². The van der Waals surface area contributed by atoms with E-state index < -0.39 is 21.9 Å². The molecule has 3 heterocycles. The largest absolute Gasteiger partial charge is 0.378 e. The number of ether oxygens (including phenoxy) is 1. The number of morpholine rings is 1. The summed E-state index contributed by atoms with van der Waals surface area (Å²) in [6.45, 7) is 5.45. The Morgan fingerprint density at radius 3 is 2.26 bits per heavy atom. The number of nitriles is 1. The van der Waals surface area contributed by atoms with Gasteiger partial charge in [-0.05, 0) is 49.2 Å². The zero-order valence-corrected chi connectivity index (χ0v) is 21.9. The number of anilines is 2. The van der Waals surface area contributed by atoms with Crippen LogP contribution in [0.3, 0.4) is 0 Å². The number of halogens is 1. The lowest BCUT2D eigenvalue weighted by molar-refractivity contribution is 0.0746. The number of amides is 1. The highest BCUT2D eigenvalue weighted by Gasteiger charge is 2.30. The topological polar surface area (TPSA) is 97.2 Å². The summed E-state index contributed by atoms with van der Waals surface area (Å²) in [5.74, 6) is -0.759. The van der Waals surface area contributed by atoms with Gasteiger partial charge in [-0.1, -0.05) is 0 Å². The van der Waals surface area contributed by atoms with E-state index in [0.717, 1.165) is 18.5 Å². The standard InChI is InChI=1S/C27H30FN5O4S/c28-24-18-22(5-3-21(24)19-29)30-9-11-32(12-10-30)26(34)23-17-20(27(35)38(36)33-7-1-2-8-33)4-6-25(23)31-13-15-37-16-14-31/h3-6,17-18H,1-2,7-16H2. The Labute approximate surface area is 223 Å². The van der Waals surface area contributed by atoms with Crippen molar-refractivity contribution >= 4 is 33.4 Å². The molecule has 11 heteroatoms. The molecule has 0 N–H and O–H groups in total. The fourth-order valence-electron chi connectivity index (χ4n) is 5.12. The molecule has 2 aromatic rings. The average Bonchev–Trinajstić information content (AvgIpc) is 3.51. The summed E-state index contributed by atoms with van der Waals surface area (Å²) in [7, 11) is -1.78. The molecule has 0 saturated carbocycles. The Morgan fingerprint density at radius 1 is 0.895 bits per heavy atom. The molecule has 3 aliphatic rings. The van der Waals surface area contributed by atoms with Crippen molar-refractivity contribution in [2.75, 3.05) is 75.4 Å². The van der Waals surface area contributed by atoms with Crippen LogP contribution in [0.1, 0.15) is 39.1 Å². The van der Waals surface area contributed by atoms with Crippen LogP contribution < -0.4 is 9.80 Å². The second kappa shape index (κ2) is 11.6. The Bertz CT molecular complexity index is 1280. The summed E-state index contributed by atoms with van der Waals surface area (Å²) >= 11 is 0. The molecular weight excluding hydrogens is 509 g/mol. The van der Waals surface area contributed by atoms with Crippen LogP contribution in [0.5, 0.6) is 0 Å². The summed E-state index contributed by atoms with van der Waals surface area (Å²) in [4.78, 5) is 32.7. The number of piperazine rings is 1. The van der Waals surface area contributed by atoms with E-state index in [1.807, 2.05) is 11.0 Å². The van der Waals surface area contributed by atoms with Crippen molar-refractivity contribution in [2.45, 2.75) is 12.8 Å². The number of nitrogens with zero attached hydrogens (tertiary/aromatic N) is 5. The number of hydrogen-bond donors (Lipinski definition) is 0. The van der Waals surface area contributed by atoms with Gasteiger partial charge in [-0.2, -0.15) is 5.26 Å². The highest BCUT2D eigenvalue weighted by Crippen LogP contribution is 2.27. The van der Waals surface area contributed by atoms with Gasteiger partial charge in [-0.15, -0.1) is 0 Å². The van der Waals surface area contributed by atoms with Gasteiger partial charge in [0.25, 0.3) is 11.0 Å². The van der Waals surface area contributed by atoms with Crippen LogP contribution in [0.15, 0.2) is 36.4 Å². The number of hydrogen-bond acceptors (Lipinski definition) is 7. The highest BCUT2D eigenvalue weighted by molar-refractivity contribution is 7.98. The van der Waals surface area contributed by atoms with E-state index in [0.29, 0.717) is 76.8 Å². The van der Waals surface area contributed by atoms with Crippen LogP contribution in [0.4, 0.5) is 15.8 Å². The minimum atomic E-state index is -1.78. The first kappa shape index (κ1) is 26.3. The van der Waals surface area contributed by atoms with Crippen LogP contribution in [0, 0.1) is 17.1 Å². The summed E-state index contributed by atoms with van der Waals surface area (Å²) < 4.78 is 34.2. The smallest absolute Gasteiger partial charge is 0.264 e. The average molecular weight is 540 g/mol. The fraction of sp³-hybridized carbons (Fsp3) is 0.444. The van der Waals surface area contributed by atoms with Crippen molar-refractivity contribution in [3.63, 3.8) is 0 Å². The maximum Gasteiger partial charge on any atom is 0.264 e. The van der Waals surface area contributed by atoms with E-state index in [-0.39, 0.29) is 17.0 Å². The zero-order valence-electron chi connectivity index (χ0n) is 21.1. The molecule has 5 rings (SSSR count). The number of benzene rings is 2. The molecule has 0 aliphatic carbocycles. The van der Waals surface area contributed by atoms with Gasteiger partial charge in [-0.3, -0.25) is 9.59 Å². The van der Waals surface area contributed by atoms with Gasteiger partial charge in [0.15, 0.2) is 11.0 Å². The molecule has 0 aromatic heterocycles. The van der Waals surface area contributed by atoms with Gasteiger partial charge in [0, 0.05) is 69.3 Å². The Hall–Kier alpha value is -3.33. The molecule has 38 heavy (non-hydrogen) atoms. The van der Waals surface area contributed by atoms with Crippen molar-refractivity contribution < 1.29 is 22.9 Å². The lowest BCUT2D eigenvalue weighted by Gasteiger charge is -2.37. The van der Waals surface area contributed by atoms with Gasteiger partial charge in [0.05, 0.1) is 24.3 Å². The molecule has 0 spiro atoms. The van der Waals surface area contributed by atoms with E-state index in [2.05, 4.69) is 4.90 Å². The normalized spacial score (nSPS) is 19.3. The lowest BCUT2D eigenvalue weighted by Crippen LogP contribution is -2.49. The lowest BCUT2D eigenvalue weighted by atomic mass is 10.1. The molecule has 0 bridgehead atoms. The first-order chi connectivity index (χ1) is 18.5. The second-order valence-corrected chi connectivity index (χ2v) is 10.9. The van der Waals surface area contributed by atoms with Crippen molar-refractivity contribution in [3.05, 3.63) is 58.9 Å². The van der Waals surface area contributed by atoms with Crippen molar-refractivity contribution in [3.8, 4) is 6.07 Å². The molecule has 2 aromatic carbocycles. The van der Waals surface area contributed by atoms with Crippen molar-refractivity contribution in [1.29, 1.82) is 5.26 Å². The first-order valence-electron chi connectivity index (χ1n) is 12.9. The van der Waals surface area contributed by atoms with Crippen LogP contribution in [-0.4, -0.2) is 90.0 Å². The number of carbonyl (C=O) groups excluding carboxylic acids is 2. The number of carbonyl (C=O) groups is 2. The van der Waals surface area contributed by atoms with Crippen LogP contribution in [-0.2, 0) is 15.7 Å². The van der Waals surface area contributed by atoms with E-state index in [1.165, 1.54) is 12.1 Å². The Balaban J connectivity index is 1.36. The number of rotatable bonds is 5. The molecule has 3 saturated heterocycles. The van der Waals surface area contributed by atoms with Crippen LogP contribution in [0.2, 0.25) is 0 Å². The minimum Gasteiger partial charge on any atom is -0.378 e. The van der Waals surface area contributed by atoms with E-state index in [4.69, 9.17) is 10.00 Å². The first-order valence-corrected chi connectivity index (χ1v) is 14.0. The quantitative estimate of drug-likeness (QED) is 0.576. The molecule has 1 amide bonds. The van der Waals surface area contributed by atoms with E-state index in [1.54, 1.807) is 33.5 Å². The summed E-state index contributed by atoms with van der Waals surface area (Å²) in [6.07, 6.45) is 1.83. The summed E-state index contributed by atoms with van der Waals surface area (Å²) in [5.41, 5.74) is 2.08. The molecule has 9 nitrogen and oxygen atoms in total. The summed E-state index contributed by atoms with van der Waals surface area (Å²) in [5, 5.41) is 8.50. The third kappa shape index (κ3) is 5.43. The van der Waals surface area contributed by atoms with Gasteiger partial charge < -0.3 is 19.4 Å². The van der Waals surface area contributed by atoms with Gasteiger partial charge in [-0.25, -0.2) is 12.9 Å². The van der Waals surface area contributed by atoms with Gasteiger partial charge >= 0.3 is 0 Å². The third-order valence-electron chi connectivity index (χ3n) is 7.28. The van der Waals surface area contributed by atoms with E-state index in [9.17, 15) is 18.2 Å². The molecule has 3 aliphatic heterocycles.